The molecule has 0 fully saturated rings. The van der Waals surface area contributed by atoms with Gasteiger partial charge in [-0.3, -0.25) is 4.79 Å². The average Bonchev–Trinajstić information content (AvgIpc) is 3.28. The smallest absolute Gasteiger partial charge is 0.312 e. The fourth-order valence-corrected chi connectivity index (χ4v) is 3.50. The number of anilines is 1. The van der Waals surface area contributed by atoms with Gasteiger partial charge in [-0.2, -0.15) is 14.4 Å². The maximum Gasteiger partial charge on any atom is 0.312 e. The number of halogens is 1. The standard InChI is InChI=1S/C19H21FN6O2.C2H6/c1-10-7-12-3-6-28-14(12)8-13(10)9-15-23-16-17(21)24-19(20)25-18(16)26(15)5-4-22-11(2)27;1-2/h7-8H,3-6,9H2,1-2H3,(H,22,27)(H2,21,24,25);1-2H3. The normalized spacial score (nSPS) is 12.2. The Morgan fingerprint density at radius 2 is 2.07 bits per heavy atom. The van der Waals surface area contributed by atoms with E-state index in [2.05, 4.69) is 26.3 Å². The molecule has 30 heavy (non-hydrogen) atoms. The third-order valence-corrected chi connectivity index (χ3v) is 4.88. The van der Waals surface area contributed by atoms with Crippen molar-refractivity contribution in [1.82, 2.24) is 24.8 Å². The van der Waals surface area contributed by atoms with Crippen LogP contribution in [-0.4, -0.2) is 38.6 Å². The van der Waals surface area contributed by atoms with E-state index in [0.717, 1.165) is 23.3 Å². The molecule has 0 spiro atoms. The molecule has 4 rings (SSSR count). The molecule has 9 heteroatoms. The Bertz CT molecular complexity index is 1080. The van der Waals surface area contributed by atoms with Gasteiger partial charge < -0.3 is 20.4 Å². The number of ether oxygens (including phenoxy) is 1. The summed E-state index contributed by atoms with van der Waals surface area (Å²) in [5.41, 5.74) is 9.93. The average molecular weight is 414 g/mol. The number of benzene rings is 1. The fourth-order valence-electron chi connectivity index (χ4n) is 3.50. The van der Waals surface area contributed by atoms with Gasteiger partial charge in [-0.05, 0) is 29.7 Å². The lowest BCUT2D eigenvalue weighted by Crippen LogP contribution is -2.25. The molecule has 0 atom stereocenters. The molecular weight excluding hydrogens is 387 g/mol. The Labute approximate surface area is 174 Å². The molecular formula is C21H27FN6O2. The highest BCUT2D eigenvalue weighted by molar-refractivity contribution is 5.82. The number of fused-ring (bicyclic) bond motifs is 2. The molecule has 3 N–H and O–H groups in total. The predicted molar refractivity (Wildman–Crippen MR) is 113 cm³/mol. The van der Waals surface area contributed by atoms with Gasteiger partial charge in [0.05, 0.1) is 6.61 Å². The van der Waals surface area contributed by atoms with Crippen LogP contribution in [0.25, 0.3) is 11.2 Å². The predicted octanol–water partition coefficient (Wildman–Crippen LogP) is 2.54. The van der Waals surface area contributed by atoms with E-state index in [9.17, 15) is 9.18 Å². The molecule has 0 aliphatic carbocycles. The molecule has 1 amide bonds. The van der Waals surface area contributed by atoms with Crippen LogP contribution in [0, 0.1) is 13.0 Å². The molecule has 2 aromatic heterocycles. The van der Waals surface area contributed by atoms with Gasteiger partial charge in [-0.15, -0.1) is 0 Å². The lowest BCUT2D eigenvalue weighted by molar-refractivity contribution is -0.118. The van der Waals surface area contributed by atoms with Crippen molar-refractivity contribution in [3.05, 3.63) is 40.7 Å². The first-order valence-corrected chi connectivity index (χ1v) is 10.1. The van der Waals surface area contributed by atoms with E-state index in [1.807, 2.05) is 26.8 Å². The number of hydrogen-bond acceptors (Lipinski definition) is 6. The van der Waals surface area contributed by atoms with Crippen molar-refractivity contribution in [1.29, 1.82) is 0 Å². The number of carbonyl (C=O) groups is 1. The molecule has 3 aromatic rings. The van der Waals surface area contributed by atoms with Gasteiger partial charge in [0.2, 0.25) is 5.91 Å². The number of hydrogen-bond donors (Lipinski definition) is 2. The van der Waals surface area contributed by atoms with Crippen LogP contribution in [0.5, 0.6) is 5.75 Å². The first-order chi connectivity index (χ1) is 14.4. The van der Waals surface area contributed by atoms with Crippen LogP contribution in [0.4, 0.5) is 10.2 Å². The number of rotatable bonds is 5. The van der Waals surface area contributed by atoms with Gasteiger partial charge in [0, 0.05) is 32.9 Å². The molecule has 0 saturated carbocycles. The quantitative estimate of drug-likeness (QED) is 0.621. The van der Waals surface area contributed by atoms with Crippen LogP contribution >= 0.6 is 0 Å². The Hall–Kier alpha value is -3.23. The van der Waals surface area contributed by atoms with E-state index >= 15 is 0 Å². The molecule has 0 saturated heterocycles. The van der Waals surface area contributed by atoms with Gasteiger partial charge in [-0.1, -0.05) is 19.9 Å². The second-order valence-corrected chi connectivity index (χ2v) is 6.87. The van der Waals surface area contributed by atoms with E-state index in [1.165, 1.54) is 12.5 Å². The lowest BCUT2D eigenvalue weighted by atomic mass is 10.0. The van der Waals surface area contributed by atoms with Crippen LogP contribution in [0.3, 0.4) is 0 Å². The van der Waals surface area contributed by atoms with Gasteiger partial charge in [0.25, 0.3) is 0 Å². The lowest BCUT2D eigenvalue weighted by Gasteiger charge is -2.12. The van der Waals surface area contributed by atoms with Gasteiger partial charge >= 0.3 is 6.08 Å². The maximum absolute atomic E-state index is 13.7. The summed E-state index contributed by atoms with van der Waals surface area (Å²) in [5.74, 6) is 1.42. The minimum absolute atomic E-state index is 0.00367. The monoisotopic (exact) mass is 414 g/mol. The second kappa shape index (κ2) is 9.06. The Balaban J connectivity index is 0.00000124. The van der Waals surface area contributed by atoms with Crippen LogP contribution in [0.15, 0.2) is 12.1 Å². The molecule has 0 radical (unpaired) electrons. The molecule has 0 bridgehead atoms. The Morgan fingerprint density at radius 3 is 2.80 bits per heavy atom. The zero-order valence-electron chi connectivity index (χ0n) is 17.8. The summed E-state index contributed by atoms with van der Waals surface area (Å²) >= 11 is 0. The summed E-state index contributed by atoms with van der Waals surface area (Å²) < 4.78 is 21.2. The molecule has 1 aliphatic heterocycles. The number of nitrogen functional groups attached to an aromatic ring is 1. The van der Waals surface area contributed by atoms with Crippen LogP contribution in [0.1, 0.15) is 43.3 Å². The zero-order chi connectivity index (χ0) is 21.8. The molecule has 8 nitrogen and oxygen atoms in total. The van der Waals surface area contributed by atoms with Crippen molar-refractivity contribution in [2.75, 3.05) is 18.9 Å². The van der Waals surface area contributed by atoms with E-state index in [4.69, 9.17) is 10.5 Å². The van der Waals surface area contributed by atoms with Gasteiger partial charge in [-0.25, -0.2) is 4.98 Å². The minimum Gasteiger partial charge on any atom is -0.493 e. The fraction of sp³-hybridized carbons (Fsp3) is 0.429. The Morgan fingerprint density at radius 1 is 1.30 bits per heavy atom. The number of aromatic nitrogens is 4. The Kier molecular flexibility index (Phi) is 6.49. The summed E-state index contributed by atoms with van der Waals surface area (Å²) in [7, 11) is 0. The highest BCUT2D eigenvalue weighted by Gasteiger charge is 2.20. The summed E-state index contributed by atoms with van der Waals surface area (Å²) in [4.78, 5) is 23.2. The number of nitrogens with one attached hydrogen (secondary N) is 1. The third kappa shape index (κ3) is 4.34. The van der Waals surface area contributed by atoms with Crippen molar-refractivity contribution in [3.63, 3.8) is 0 Å². The molecule has 1 aliphatic rings. The summed E-state index contributed by atoms with van der Waals surface area (Å²) in [6, 6.07) is 4.17. The second-order valence-electron chi connectivity index (χ2n) is 6.87. The summed E-state index contributed by atoms with van der Waals surface area (Å²) in [5, 5.41) is 2.74. The van der Waals surface area contributed by atoms with E-state index in [0.29, 0.717) is 43.1 Å². The zero-order valence-corrected chi connectivity index (χ0v) is 17.8. The molecule has 3 heterocycles. The number of carbonyl (C=O) groups excluding carboxylic acids is 1. The highest BCUT2D eigenvalue weighted by atomic mass is 19.1. The van der Waals surface area contributed by atoms with Crippen LogP contribution in [-0.2, 0) is 24.2 Å². The van der Waals surface area contributed by atoms with Crippen molar-refractivity contribution in [3.8, 4) is 5.75 Å². The number of imidazole rings is 1. The minimum atomic E-state index is -0.903. The highest BCUT2D eigenvalue weighted by Crippen LogP contribution is 2.30. The summed E-state index contributed by atoms with van der Waals surface area (Å²) in [6.07, 6.45) is 0.510. The SMILES string of the molecule is CC.CC(=O)NCCn1c(Cc2cc3c(cc2C)CCO3)nc2c(N)nc(F)nc21. The first-order valence-electron chi connectivity index (χ1n) is 10.1. The number of amides is 1. The largest absolute Gasteiger partial charge is 0.493 e. The van der Waals surface area contributed by atoms with E-state index < -0.39 is 6.08 Å². The first kappa shape index (κ1) is 21.5. The van der Waals surface area contributed by atoms with Gasteiger partial charge in [0.1, 0.15) is 11.6 Å². The number of aryl methyl sites for hydroxylation is 1. The van der Waals surface area contributed by atoms with E-state index in [1.54, 1.807) is 4.57 Å². The van der Waals surface area contributed by atoms with Crippen molar-refractivity contribution in [2.24, 2.45) is 0 Å². The van der Waals surface area contributed by atoms with E-state index in [-0.39, 0.29) is 11.7 Å². The molecule has 0 unspecified atom stereocenters. The maximum atomic E-state index is 13.7. The topological polar surface area (TPSA) is 108 Å². The summed E-state index contributed by atoms with van der Waals surface area (Å²) in [6.45, 7) is 8.94. The molecule has 1 aromatic carbocycles. The van der Waals surface area contributed by atoms with Crippen LogP contribution < -0.4 is 15.8 Å². The van der Waals surface area contributed by atoms with Gasteiger partial charge in [0.15, 0.2) is 17.0 Å². The van der Waals surface area contributed by atoms with Crippen LogP contribution in [0.2, 0.25) is 0 Å². The number of nitrogens with two attached hydrogens (primary N) is 1. The van der Waals surface area contributed by atoms with Crippen molar-refractivity contribution in [2.45, 2.75) is 47.1 Å². The third-order valence-electron chi connectivity index (χ3n) is 4.88. The van der Waals surface area contributed by atoms with Crippen molar-refractivity contribution < 1.29 is 13.9 Å². The molecule has 160 valence electrons. The van der Waals surface area contributed by atoms with Crippen molar-refractivity contribution >= 4 is 22.9 Å². The number of nitrogens with zero attached hydrogens (tertiary/aromatic N) is 4.